The number of nitrogens with zero attached hydrogens (tertiary/aromatic N) is 4. The van der Waals surface area contributed by atoms with E-state index in [1.165, 1.54) is 0 Å². The van der Waals surface area contributed by atoms with Crippen LogP contribution in [0, 0.1) is 0 Å². The van der Waals surface area contributed by atoms with Gasteiger partial charge < -0.3 is 4.52 Å². The molecule has 3 aromatic rings. The first-order chi connectivity index (χ1) is 8.78. The van der Waals surface area contributed by atoms with Gasteiger partial charge in [-0.2, -0.15) is 4.98 Å². The molecule has 0 saturated heterocycles. The number of aryl methyl sites for hydroxylation is 1. The third kappa shape index (κ3) is 1.92. The molecule has 0 aromatic carbocycles. The molecule has 3 rings (SSSR count). The van der Waals surface area contributed by atoms with Crippen LogP contribution in [0.15, 0.2) is 33.5 Å². The molecule has 92 valence electrons. The standard InChI is InChI=1S/C12H11BrN4O/c1-2-3-11-15-12(16-18-11)9-6-14-10-5-4-8(13)7-17(9)10/h4-7H,2-3H2,1H3. The normalized spacial score (nSPS) is 11.2. The molecule has 3 aromatic heterocycles. The van der Waals surface area contributed by atoms with Gasteiger partial charge in [0.25, 0.3) is 0 Å². The monoisotopic (exact) mass is 306 g/mol. The number of halogens is 1. The highest BCUT2D eigenvalue weighted by Gasteiger charge is 2.12. The molecule has 18 heavy (non-hydrogen) atoms. The van der Waals surface area contributed by atoms with Crippen LogP contribution in [0.25, 0.3) is 17.2 Å². The van der Waals surface area contributed by atoms with Gasteiger partial charge in [-0.15, -0.1) is 0 Å². The second-order valence-corrected chi connectivity index (χ2v) is 4.90. The first-order valence-electron chi connectivity index (χ1n) is 5.73. The van der Waals surface area contributed by atoms with E-state index in [1.54, 1.807) is 6.20 Å². The van der Waals surface area contributed by atoms with E-state index in [2.05, 4.69) is 38.0 Å². The molecular weight excluding hydrogens is 296 g/mol. The summed E-state index contributed by atoms with van der Waals surface area (Å²) in [5.41, 5.74) is 1.69. The van der Waals surface area contributed by atoms with Crippen molar-refractivity contribution in [3.8, 4) is 11.5 Å². The molecule has 0 fully saturated rings. The molecule has 0 unspecified atom stereocenters. The van der Waals surface area contributed by atoms with E-state index in [0.29, 0.717) is 11.7 Å². The van der Waals surface area contributed by atoms with Gasteiger partial charge in [0.2, 0.25) is 11.7 Å². The molecule has 0 aliphatic rings. The quantitative estimate of drug-likeness (QED) is 0.746. The van der Waals surface area contributed by atoms with Crippen LogP contribution in [0.5, 0.6) is 0 Å². The third-order valence-corrected chi connectivity index (χ3v) is 3.10. The van der Waals surface area contributed by atoms with Crippen molar-refractivity contribution in [3.63, 3.8) is 0 Å². The second-order valence-electron chi connectivity index (χ2n) is 3.98. The fraction of sp³-hybridized carbons (Fsp3) is 0.250. The van der Waals surface area contributed by atoms with E-state index in [9.17, 15) is 0 Å². The molecule has 3 heterocycles. The Kier molecular flexibility index (Phi) is 2.87. The lowest BCUT2D eigenvalue weighted by atomic mass is 10.3. The zero-order chi connectivity index (χ0) is 12.5. The highest BCUT2D eigenvalue weighted by atomic mass is 79.9. The maximum atomic E-state index is 5.19. The van der Waals surface area contributed by atoms with Crippen LogP contribution in [0.3, 0.4) is 0 Å². The van der Waals surface area contributed by atoms with Crippen LogP contribution >= 0.6 is 15.9 Å². The van der Waals surface area contributed by atoms with Gasteiger partial charge in [-0.1, -0.05) is 12.1 Å². The van der Waals surface area contributed by atoms with Gasteiger partial charge in [-0.25, -0.2) is 4.98 Å². The fourth-order valence-electron chi connectivity index (χ4n) is 1.79. The molecule has 0 radical (unpaired) electrons. The van der Waals surface area contributed by atoms with E-state index < -0.39 is 0 Å². The summed E-state index contributed by atoms with van der Waals surface area (Å²) in [6.45, 7) is 2.08. The topological polar surface area (TPSA) is 56.2 Å². The van der Waals surface area contributed by atoms with Gasteiger partial charge in [-0.05, 0) is 34.5 Å². The molecule has 0 amide bonds. The molecule has 0 saturated carbocycles. The number of rotatable bonds is 3. The maximum Gasteiger partial charge on any atom is 0.226 e. The largest absolute Gasteiger partial charge is 0.339 e. The second kappa shape index (κ2) is 4.53. The Morgan fingerprint density at radius 3 is 3.11 bits per heavy atom. The number of aromatic nitrogens is 4. The molecule has 0 atom stereocenters. The summed E-state index contributed by atoms with van der Waals surface area (Å²) in [7, 11) is 0. The van der Waals surface area contributed by atoms with Crippen molar-refractivity contribution in [3.05, 3.63) is 34.9 Å². The predicted octanol–water partition coefficient (Wildman–Crippen LogP) is 3.10. The van der Waals surface area contributed by atoms with Crippen molar-refractivity contribution in [2.24, 2.45) is 0 Å². The van der Waals surface area contributed by atoms with E-state index in [4.69, 9.17) is 4.52 Å². The van der Waals surface area contributed by atoms with Gasteiger partial charge >= 0.3 is 0 Å². The Labute approximate surface area is 112 Å². The molecule has 0 aliphatic heterocycles. The van der Waals surface area contributed by atoms with E-state index in [1.807, 2.05) is 22.7 Å². The Morgan fingerprint density at radius 2 is 2.28 bits per heavy atom. The predicted molar refractivity (Wildman–Crippen MR) is 70.2 cm³/mol. The van der Waals surface area contributed by atoms with Crippen LogP contribution in [0.1, 0.15) is 19.2 Å². The smallest absolute Gasteiger partial charge is 0.226 e. The average Bonchev–Trinajstić information content (AvgIpc) is 2.95. The molecule has 0 bridgehead atoms. The van der Waals surface area contributed by atoms with Crippen molar-refractivity contribution in [1.82, 2.24) is 19.5 Å². The first kappa shape index (κ1) is 11.4. The van der Waals surface area contributed by atoms with Gasteiger partial charge in [0.1, 0.15) is 11.3 Å². The minimum absolute atomic E-state index is 0.573. The van der Waals surface area contributed by atoms with Crippen LogP contribution in [-0.2, 0) is 6.42 Å². The van der Waals surface area contributed by atoms with E-state index in [0.717, 1.165) is 28.7 Å². The zero-order valence-electron chi connectivity index (χ0n) is 9.80. The van der Waals surface area contributed by atoms with Gasteiger partial charge in [0.15, 0.2) is 0 Å². The number of imidazole rings is 1. The number of hydrogen-bond acceptors (Lipinski definition) is 4. The van der Waals surface area contributed by atoms with Crippen molar-refractivity contribution in [2.75, 3.05) is 0 Å². The fourth-order valence-corrected chi connectivity index (χ4v) is 2.13. The SMILES string of the molecule is CCCc1nc(-c2cnc3ccc(Br)cn23)no1. The molecule has 5 nitrogen and oxygen atoms in total. The van der Waals surface area contributed by atoms with Crippen LogP contribution in [-0.4, -0.2) is 19.5 Å². The summed E-state index contributed by atoms with van der Waals surface area (Å²) in [6, 6.07) is 3.88. The van der Waals surface area contributed by atoms with Crippen molar-refractivity contribution in [2.45, 2.75) is 19.8 Å². The summed E-state index contributed by atoms with van der Waals surface area (Å²) in [4.78, 5) is 8.68. The molecule has 0 spiro atoms. The highest BCUT2D eigenvalue weighted by Crippen LogP contribution is 2.20. The van der Waals surface area contributed by atoms with Crippen molar-refractivity contribution < 1.29 is 4.52 Å². The summed E-state index contributed by atoms with van der Waals surface area (Å²) in [5, 5.41) is 3.99. The summed E-state index contributed by atoms with van der Waals surface area (Å²) in [5.74, 6) is 1.24. The zero-order valence-corrected chi connectivity index (χ0v) is 11.4. The van der Waals surface area contributed by atoms with Gasteiger partial charge in [0.05, 0.1) is 6.20 Å². The Morgan fingerprint density at radius 1 is 1.39 bits per heavy atom. The lowest BCUT2D eigenvalue weighted by molar-refractivity contribution is 0.377. The summed E-state index contributed by atoms with van der Waals surface area (Å²) >= 11 is 3.44. The van der Waals surface area contributed by atoms with Crippen LogP contribution in [0.2, 0.25) is 0 Å². The molecular formula is C12H11BrN4O. The minimum Gasteiger partial charge on any atom is -0.339 e. The summed E-state index contributed by atoms with van der Waals surface area (Å²) < 4.78 is 8.11. The third-order valence-electron chi connectivity index (χ3n) is 2.63. The van der Waals surface area contributed by atoms with Crippen LogP contribution < -0.4 is 0 Å². The van der Waals surface area contributed by atoms with Gasteiger partial charge in [-0.3, -0.25) is 4.40 Å². The Balaban J connectivity index is 2.09. The Hall–Kier alpha value is -1.69. The summed E-state index contributed by atoms with van der Waals surface area (Å²) in [6.07, 6.45) is 5.48. The first-order valence-corrected chi connectivity index (χ1v) is 6.53. The van der Waals surface area contributed by atoms with E-state index >= 15 is 0 Å². The number of fused-ring (bicyclic) bond motifs is 1. The van der Waals surface area contributed by atoms with Crippen molar-refractivity contribution >= 4 is 21.6 Å². The maximum absolute atomic E-state index is 5.19. The molecule has 6 heteroatoms. The van der Waals surface area contributed by atoms with Crippen LogP contribution in [0.4, 0.5) is 0 Å². The van der Waals surface area contributed by atoms with E-state index in [-0.39, 0.29) is 0 Å². The number of pyridine rings is 1. The lowest BCUT2D eigenvalue weighted by Crippen LogP contribution is -1.90. The number of hydrogen-bond donors (Lipinski definition) is 0. The highest BCUT2D eigenvalue weighted by molar-refractivity contribution is 9.10. The molecule has 0 N–H and O–H groups in total. The van der Waals surface area contributed by atoms with Gasteiger partial charge in [0, 0.05) is 17.1 Å². The van der Waals surface area contributed by atoms with Crippen molar-refractivity contribution in [1.29, 1.82) is 0 Å². The Bertz CT molecular complexity index is 688. The molecule has 0 aliphatic carbocycles. The lowest BCUT2D eigenvalue weighted by Gasteiger charge is -1.97. The minimum atomic E-state index is 0.573. The average molecular weight is 307 g/mol.